The summed E-state index contributed by atoms with van der Waals surface area (Å²) in [5.41, 5.74) is 0. The molecule has 0 spiro atoms. The number of carbonyl (C=O) groups is 1. The van der Waals surface area contributed by atoms with E-state index in [1.807, 2.05) is 0 Å². The van der Waals surface area contributed by atoms with Gasteiger partial charge in [0.05, 0.1) is 11.5 Å². The monoisotopic (exact) mass is 313 g/mol. The molecule has 1 aliphatic rings. The molecule has 1 amide bonds. The largest absolute Gasteiger partial charge is 0.397 e. The van der Waals surface area contributed by atoms with Crippen LogP contribution in [0.4, 0.5) is 13.2 Å². The first-order chi connectivity index (χ1) is 9.42. The van der Waals surface area contributed by atoms with E-state index >= 15 is 0 Å². The van der Waals surface area contributed by atoms with Crippen LogP contribution in [0.25, 0.3) is 0 Å². The molecule has 0 aliphatic heterocycles. The minimum atomic E-state index is -4.24. The molecular weight excluding hydrogens is 291 g/mol. The number of nitrogens with one attached hydrogen (secondary N) is 1. The zero-order chi connectivity index (χ0) is 15.0. The third-order valence-electron chi connectivity index (χ3n) is 3.50. The normalized spacial score (nSPS) is 18.8. The van der Waals surface area contributed by atoms with Crippen LogP contribution in [0.3, 0.4) is 0 Å². The molecule has 7 heteroatoms. The van der Waals surface area contributed by atoms with Gasteiger partial charge in [-0.05, 0) is 25.2 Å². The molecule has 0 radical (unpaired) electrons. The molecule has 1 aliphatic carbocycles. The maximum Gasteiger partial charge on any atom is 0.397 e. The lowest BCUT2D eigenvalue weighted by Gasteiger charge is -2.30. The summed E-state index contributed by atoms with van der Waals surface area (Å²) >= 11 is 0.575. The Hall–Kier alpha value is -0.430. The Labute approximate surface area is 121 Å². The topological polar surface area (TPSA) is 49.3 Å². The number of hydrogen-bond donors (Lipinski definition) is 2. The summed E-state index contributed by atoms with van der Waals surface area (Å²) < 4.78 is 36.0. The van der Waals surface area contributed by atoms with Gasteiger partial charge in [-0.15, -0.1) is 11.8 Å². The summed E-state index contributed by atoms with van der Waals surface area (Å²) in [5, 5.41) is 11.8. The maximum absolute atomic E-state index is 12.0. The first kappa shape index (κ1) is 17.6. The van der Waals surface area contributed by atoms with Crippen LogP contribution in [0.1, 0.15) is 38.5 Å². The lowest BCUT2D eigenvalue weighted by molar-refractivity contribution is -0.119. The van der Waals surface area contributed by atoms with Gasteiger partial charge >= 0.3 is 6.18 Å². The summed E-state index contributed by atoms with van der Waals surface area (Å²) in [4.78, 5) is 11.7. The lowest BCUT2D eigenvalue weighted by atomic mass is 9.83. The highest BCUT2D eigenvalue weighted by Crippen LogP contribution is 2.28. The van der Waals surface area contributed by atoms with Crippen LogP contribution in [0, 0.1) is 5.92 Å². The van der Waals surface area contributed by atoms with Gasteiger partial charge in [-0.2, -0.15) is 13.2 Å². The zero-order valence-corrected chi connectivity index (χ0v) is 12.2. The summed E-state index contributed by atoms with van der Waals surface area (Å²) in [6, 6.07) is -0.112. The van der Waals surface area contributed by atoms with E-state index in [2.05, 4.69) is 5.32 Å². The highest BCUT2D eigenvalue weighted by Gasteiger charge is 2.28. The van der Waals surface area contributed by atoms with Crippen molar-refractivity contribution in [2.45, 2.75) is 50.7 Å². The molecule has 0 heterocycles. The highest BCUT2D eigenvalue weighted by atomic mass is 32.2. The van der Waals surface area contributed by atoms with E-state index in [9.17, 15) is 18.0 Å². The average Bonchev–Trinajstić information content (AvgIpc) is 2.38. The van der Waals surface area contributed by atoms with E-state index < -0.39 is 11.9 Å². The fourth-order valence-electron chi connectivity index (χ4n) is 2.61. The van der Waals surface area contributed by atoms with Gasteiger partial charge in [-0.3, -0.25) is 4.79 Å². The molecule has 1 rings (SSSR count). The molecule has 0 aromatic rings. The number of halogens is 3. The molecule has 1 unspecified atom stereocenters. The van der Waals surface area contributed by atoms with Gasteiger partial charge in [0.1, 0.15) is 0 Å². The van der Waals surface area contributed by atoms with Crippen molar-refractivity contribution in [3.63, 3.8) is 0 Å². The van der Waals surface area contributed by atoms with Gasteiger partial charge in [0.15, 0.2) is 0 Å². The summed E-state index contributed by atoms with van der Waals surface area (Å²) in [5.74, 6) is -1.22. The van der Waals surface area contributed by atoms with Crippen molar-refractivity contribution in [3.8, 4) is 0 Å². The maximum atomic E-state index is 12.0. The van der Waals surface area contributed by atoms with Gasteiger partial charge in [0.25, 0.3) is 0 Å². The van der Waals surface area contributed by atoms with Crippen LogP contribution >= 0.6 is 11.8 Å². The van der Waals surface area contributed by atoms with Gasteiger partial charge in [-0.1, -0.05) is 19.3 Å². The number of carbonyl (C=O) groups excluding carboxylic acids is 1. The molecule has 1 atom stereocenters. The Kier molecular flexibility index (Phi) is 7.72. The molecule has 0 saturated heterocycles. The quantitative estimate of drug-likeness (QED) is 0.760. The Morgan fingerprint density at radius 2 is 1.95 bits per heavy atom. The number of alkyl halides is 3. The zero-order valence-electron chi connectivity index (χ0n) is 11.4. The van der Waals surface area contributed by atoms with E-state index in [-0.39, 0.29) is 24.3 Å². The lowest BCUT2D eigenvalue weighted by Crippen LogP contribution is -2.42. The van der Waals surface area contributed by atoms with Crippen LogP contribution in [-0.4, -0.2) is 41.3 Å². The third-order valence-corrected chi connectivity index (χ3v) is 4.50. The van der Waals surface area contributed by atoms with Crippen LogP contribution < -0.4 is 5.32 Å². The van der Waals surface area contributed by atoms with Crippen molar-refractivity contribution >= 4 is 17.7 Å². The van der Waals surface area contributed by atoms with Gasteiger partial charge < -0.3 is 10.4 Å². The molecule has 1 fully saturated rings. The Morgan fingerprint density at radius 3 is 2.50 bits per heavy atom. The molecule has 1 saturated carbocycles. The number of thioether (sulfide) groups is 1. The van der Waals surface area contributed by atoms with E-state index in [0.29, 0.717) is 24.1 Å². The van der Waals surface area contributed by atoms with Crippen molar-refractivity contribution in [1.29, 1.82) is 0 Å². The molecule has 118 valence electrons. The van der Waals surface area contributed by atoms with E-state index in [4.69, 9.17) is 5.11 Å². The molecule has 0 aromatic heterocycles. The predicted octanol–water partition coefficient (Wildman–Crippen LogP) is 2.73. The van der Waals surface area contributed by atoms with E-state index in [1.165, 1.54) is 6.42 Å². The molecule has 0 bridgehead atoms. The Bertz CT molecular complexity index is 294. The fourth-order valence-corrected chi connectivity index (χ4v) is 3.21. The minimum Gasteiger partial charge on any atom is -0.396 e. The molecule has 20 heavy (non-hydrogen) atoms. The molecule has 0 aromatic carbocycles. The number of aliphatic hydroxyl groups is 1. The standard InChI is InChI=1S/C13H22F3NO2S/c14-13(15,16)9-20-8-12(19)17-11(6-7-18)10-4-2-1-3-5-10/h10-11,18H,1-9H2,(H,17,19). The van der Waals surface area contributed by atoms with Crippen LogP contribution in [-0.2, 0) is 4.79 Å². The van der Waals surface area contributed by atoms with Gasteiger partial charge in [0.2, 0.25) is 5.91 Å². The SMILES string of the molecule is O=C(CSCC(F)(F)F)NC(CCO)C1CCCCC1. The second kappa shape index (κ2) is 8.77. The van der Waals surface area contributed by atoms with Crippen molar-refractivity contribution < 1.29 is 23.1 Å². The van der Waals surface area contributed by atoms with Gasteiger partial charge in [-0.25, -0.2) is 0 Å². The highest BCUT2D eigenvalue weighted by molar-refractivity contribution is 8.00. The van der Waals surface area contributed by atoms with Crippen LogP contribution in [0.5, 0.6) is 0 Å². The van der Waals surface area contributed by atoms with Crippen molar-refractivity contribution in [1.82, 2.24) is 5.32 Å². The second-order valence-corrected chi connectivity index (χ2v) is 6.18. The second-order valence-electron chi connectivity index (χ2n) is 5.19. The minimum absolute atomic E-state index is 0.0167. The first-order valence-electron chi connectivity index (χ1n) is 6.97. The van der Waals surface area contributed by atoms with Crippen molar-refractivity contribution in [2.24, 2.45) is 5.92 Å². The van der Waals surface area contributed by atoms with Gasteiger partial charge in [0, 0.05) is 12.6 Å². The molecule has 3 nitrogen and oxygen atoms in total. The van der Waals surface area contributed by atoms with Crippen LogP contribution in [0.2, 0.25) is 0 Å². The number of aliphatic hydroxyl groups excluding tert-OH is 1. The number of rotatable bonds is 7. The summed E-state index contributed by atoms with van der Waals surface area (Å²) in [6.07, 6.45) is 1.69. The third kappa shape index (κ3) is 7.38. The van der Waals surface area contributed by atoms with E-state index in [1.54, 1.807) is 0 Å². The van der Waals surface area contributed by atoms with Crippen LogP contribution in [0.15, 0.2) is 0 Å². The van der Waals surface area contributed by atoms with Crippen molar-refractivity contribution in [2.75, 3.05) is 18.1 Å². The number of amides is 1. The smallest absolute Gasteiger partial charge is 0.396 e. The first-order valence-corrected chi connectivity index (χ1v) is 8.12. The fraction of sp³-hybridized carbons (Fsp3) is 0.923. The Balaban J connectivity index is 2.34. The van der Waals surface area contributed by atoms with Crippen molar-refractivity contribution in [3.05, 3.63) is 0 Å². The predicted molar refractivity (Wildman–Crippen MR) is 73.6 cm³/mol. The molecular formula is C13H22F3NO2S. The van der Waals surface area contributed by atoms with E-state index in [0.717, 1.165) is 25.7 Å². The molecule has 2 N–H and O–H groups in total. The average molecular weight is 313 g/mol. The summed E-state index contributed by atoms with van der Waals surface area (Å²) in [7, 11) is 0. The summed E-state index contributed by atoms with van der Waals surface area (Å²) in [6.45, 7) is -0.0167. The Morgan fingerprint density at radius 1 is 1.30 bits per heavy atom. The number of hydrogen-bond acceptors (Lipinski definition) is 3.